The predicted octanol–water partition coefficient (Wildman–Crippen LogP) is 0.122. The van der Waals surface area contributed by atoms with Crippen molar-refractivity contribution in [1.29, 1.82) is 10.5 Å². The molecule has 0 spiro atoms. The second-order valence-electron chi connectivity index (χ2n) is 2.37. The summed E-state index contributed by atoms with van der Waals surface area (Å²) in [5.41, 5.74) is 0. The molecule has 0 bridgehead atoms. The monoisotopic (exact) mass is 201 g/mol. The van der Waals surface area contributed by atoms with E-state index in [2.05, 4.69) is 4.72 Å². The molecule has 0 aliphatic carbocycles. The Labute approximate surface area is 78.0 Å². The topological polar surface area (TPSA) is 93.8 Å². The molecule has 0 aromatic carbocycles. The highest BCUT2D eigenvalue weighted by atomic mass is 32.2. The van der Waals surface area contributed by atoms with Gasteiger partial charge in [-0.3, -0.25) is 0 Å². The lowest BCUT2D eigenvalue weighted by Gasteiger charge is -2.07. The van der Waals surface area contributed by atoms with Crippen LogP contribution in [0.15, 0.2) is 0 Å². The van der Waals surface area contributed by atoms with Crippen LogP contribution in [0.25, 0.3) is 0 Å². The average Bonchev–Trinajstić information content (AvgIpc) is 2.06. The first-order valence-corrected chi connectivity index (χ1v) is 5.38. The molecule has 72 valence electrons. The zero-order chi connectivity index (χ0) is 10.3. The van der Waals surface area contributed by atoms with E-state index in [-0.39, 0.29) is 19.4 Å². The maximum atomic E-state index is 11.2. The second kappa shape index (κ2) is 5.52. The molecular formula is C7H11N3O2S. The van der Waals surface area contributed by atoms with Crippen LogP contribution in [0.4, 0.5) is 0 Å². The third kappa shape index (κ3) is 3.88. The molecule has 0 rings (SSSR count). The standard InChI is InChI=1S/C7H11N3O2S/c1-2-7(6-9)13(11,12)10-5-3-4-8/h7,10H,2-3,5H2,1H3. The SMILES string of the molecule is CCC(C#N)S(=O)(=O)NCCC#N. The lowest BCUT2D eigenvalue weighted by atomic mass is 10.4. The van der Waals surface area contributed by atoms with Gasteiger partial charge in [0.05, 0.1) is 12.1 Å². The Morgan fingerprint density at radius 2 is 2.08 bits per heavy atom. The highest BCUT2D eigenvalue weighted by Gasteiger charge is 2.22. The minimum atomic E-state index is -3.56. The lowest BCUT2D eigenvalue weighted by molar-refractivity contribution is 0.573. The largest absolute Gasteiger partial charge is 0.227 e. The number of nitrogens with one attached hydrogen (secondary N) is 1. The molecule has 5 nitrogen and oxygen atoms in total. The number of nitrogens with zero attached hydrogens (tertiary/aromatic N) is 2. The minimum Gasteiger partial charge on any atom is -0.213 e. The van der Waals surface area contributed by atoms with E-state index in [1.807, 2.05) is 0 Å². The van der Waals surface area contributed by atoms with Gasteiger partial charge in [0, 0.05) is 13.0 Å². The number of rotatable bonds is 5. The molecule has 13 heavy (non-hydrogen) atoms. The van der Waals surface area contributed by atoms with Crippen LogP contribution >= 0.6 is 0 Å². The Balaban J connectivity index is 4.26. The molecule has 0 aromatic rings. The summed E-state index contributed by atoms with van der Waals surface area (Å²) in [6.07, 6.45) is 0.361. The van der Waals surface area contributed by atoms with Gasteiger partial charge in [0.1, 0.15) is 0 Å². The van der Waals surface area contributed by atoms with Crippen molar-refractivity contribution >= 4 is 10.0 Å². The predicted molar refractivity (Wildman–Crippen MR) is 46.8 cm³/mol. The van der Waals surface area contributed by atoms with Crippen molar-refractivity contribution in [1.82, 2.24) is 4.72 Å². The third-order valence-corrected chi connectivity index (χ3v) is 3.22. The molecule has 1 unspecified atom stereocenters. The fraction of sp³-hybridized carbons (Fsp3) is 0.714. The summed E-state index contributed by atoms with van der Waals surface area (Å²) in [6, 6.07) is 3.49. The van der Waals surface area contributed by atoms with Crippen molar-refractivity contribution in [3.63, 3.8) is 0 Å². The van der Waals surface area contributed by atoms with Crippen LogP contribution in [0.1, 0.15) is 19.8 Å². The van der Waals surface area contributed by atoms with Crippen LogP contribution in [-0.2, 0) is 10.0 Å². The maximum absolute atomic E-state index is 11.2. The lowest BCUT2D eigenvalue weighted by Crippen LogP contribution is -2.33. The second-order valence-corrected chi connectivity index (χ2v) is 4.32. The number of hydrogen-bond donors (Lipinski definition) is 1. The van der Waals surface area contributed by atoms with E-state index in [9.17, 15) is 8.42 Å². The van der Waals surface area contributed by atoms with Gasteiger partial charge in [-0.2, -0.15) is 10.5 Å². The Hall–Kier alpha value is -1.11. The van der Waals surface area contributed by atoms with Gasteiger partial charge >= 0.3 is 0 Å². The molecular weight excluding hydrogens is 190 g/mol. The Kier molecular flexibility index (Phi) is 5.05. The number of hydrogen-bond acceptors (Lipinski definition) is 4. The highest BCUT2D eigenvalue weighted by molar-refractivity contribution is 7.90. The van der Waals surface area contributed by atoms with E-state index >= 15 is 0 Å². The maximum Gasteiger partial charge on any atom is 0.227 e. The van der Waals surface area contributed by atoms with Crippen LogP contribution in [0, 0.1) is 22.7 Å². The average molecular weight is 201 g/mol. The molecule has 0 radical (unpaired) electrons. The molecule has 0 amide bonds. The van der Waals surface area contributed by atoms with Crippen molar-refractivity contribution in [2.45, 2.75) is 25.0 Å². The molecule has 0 aliphatic heterocycles. The van der Waals surface area contributed by atoms with Gasteiger partial charge in [-0.15, -0.1) is 0 Å². The highest BCUT2D eigenvalue weighted by Crippen LogP contribution is 2.01. The fourth-order valence-corrected chi connectivity index (χ4v) is 1.90. The molecule has 0 saturated carbocycles. The van der Waals surface area contributed by atoms with Gasteiger partial charge in [0.15, 0.2) is 5.25 Å². The molecule has 1 N–H and O–H groups in total. The molecule has 0 heterocycles. The van der Waals surface area contributed by atoms with Crippen LogP contribution in [0.3, 0.4) is 0 Å². The third-order valence-electron chi connectivity index (χ3n) is 1.43. The summed E-state index contributed by atoms with van der Waals surface area (Å²) in [6.45, 7) is 1.69. The first kappa shape index (κ1) is 11.9. The van der Waals surface area contributed by atoms with E-state index in [4.69, 9.17) is 10.5 Å². The number of nitriles is 2. The summed E-state index contributed by atoms with van der Waals surface area (Å²) in [7, 11) is -3.56. The molecule has 0 aliphatic rings. The van der Waals surface area contributed by atoms with Gasteiger partial charge in [0.2, 0.25) is 10.0 Å². The van der Waals surface area contributed by atoms with Gasteiger partial charge in [0.25, 0.3) is 0 Å². The normalized spacial score (nSPS) is 12.8. The van der Waals surface area contributed by atoms with Crippen LogP contribution < -0.4 is 4.72 Å². The molecule has 1 atom stereocenters. The Bertz CT molecular complexity index is 323. The first-order valence-electron chi connectivity index (χ1n) is 3.83. The summed E-state index contributed by atoms with van der Waals surface area (Å²) in [5, 5.41) is 15.6. The van der Waals surface area contributed by atoms with Gasteiger partial charge < -0.3 is 0 Å². The van der Waals surface area contributed by atoms with Crippen molar-refractivity contribution < 1.29 is 8.42 Å². The van der Waals surface area contributed by atoms with Crippen LogP contribution in [0.5, 0.6) is 0 Å². The summed E-state index contributed by atoms with van der Waals surface area (Å²) in [4.78, 5) is 0. The van der Waals surface area contributed by atoms with Gasteiger partial charge in [-0.1, -0.05) is 6.92 Å². The van der Waals surface area contributed by atoms with Crippen molar-refractivity contribution in [3.05, 3.63) is 0 Å². The summed E-state index contributed by atoms with van der Waals surface area (Å²) >= 11 is 0. The number of sulfonamides is 1. The molecule has 0 aromatic heterocycles. The zero-order valence-electron chi connectivity index (χ0n) is 7.32. The summed E-state index contributed by atoms with van der Waals surface area (Å²) < 4.78 is 24.6. The van der Waals surface area contributed by atoms with Gasteiger partial charge in [-0.05, 0) is 6.42 Å². The molecule has 0 saturated heterocycles. The van der Waals surface area contributed by atoms with E-state index < -0.39 is 15.3 Å². The first-order chi connectivity index (χ1) is 6.08. The minimum absolute atomic E-state index is 0.0665. The quantitative estimate of drug-likeness (QED) is 0.639. The smallest absolute Gasteiger partial charge is 0.213 e. The van der Waals surface area contributed by atoms with Crippen LogP contribution in [0.2, 0.25) is 0 Å². The van der Waals surface area contributed by atoms with E-state index in [1.54, 1.807) is 19.1 Å². The molecule has 0 fully saturated rings. The van der Waals surface area contributed by atoms with E-state index in [1.165, 1.54) is 0 Å². The molecule has 6 heteroatoms. The Morgan fingerprint density at radius 1 is 1.46 bits per heavy atom. The van der Waals surface area contributed by atoms with Crippen molar-refractivity contribution in [2.24, 2.45) is 0 Å². The van der Waals surface area contributed by atoms with Crippen molar-refractivity contribution in [2.75, 3.05) is 6.54 Å². The fourth-order valence-electron chi connectivity index (χ4n) is 0.730. The van der Waals surface area contributed by atoms with E-state index in [0.29, 0.717) is 0 Å². The van der Waals surface area contributed by atoms with E-state index in [0.717, 1.165) is 0 Å². The summed E-state index contributed by atoms with van der Waals surface area (Å²) in [5.74, 6) is 0. The van der Waals surface area contributed by atoms with Gasteiger partial charge in [-0.25, -0.2) is 13.1 Å². The van der Waals surface area contributed by atoms with Crippen molar-refractivity contribution in [3.8, 4) is 12.1 Å². The van der Waals surface area contributed by atoms with Crippen LogP contribution in [-0.4, -0.2) is 20.2 Å². The Morgan fingerprint density at radius 3 is 2.46 bits per heavy atom. The zero-order valence-corrected chi connectivity index (χ0v) is 8.13.